The van der Waals surface area contributed by atoms with Crippen molar-refractivity contribution >= 4 is 16.8 Å². The van der Waals surface area contributed by atoms with Gasteiger partial charge in [-0.3, -0.25) is 4.99 Å². The Morgan fingerprint density at radius 2 is 2.07 bits per heavy atom. The highest BCUT2D eigenvalue weighted by molar-refractivity contribution is 8.14. The second kappa shape index (κ2) is 4.27. The van der Waals surface area contributed by atoms with Crippen LogP contribution in [0.25, 0.3) is 0 Å². The first kappa shape index (κ1) is 10.6. The van der Waals surface area contributed by atoms with Crippen LogP contribution in [0.3, 0.4) is 0 Å². The number of thioether (sulfide) groups is 1. The van der Waals surface area contributed by atoms with Crippen LogP contribution in [0.4, 0.5) is 0 Å². The van der Waals surface area contributed by atoms with Crippen LogP contribution in [-0.4, -0.2) is 17.2 Å². The molecule has 0 spiro atoms. The van der Waals surface area contributed by atoms with E-state index >= 15 is 0 Å². The van der Waals surface area contributed by atoms with Crippen molar-refractivity contribution in [3.8, 4) is 5.75 Å². The van der Waals surface area contributed by atoms with E-state index in [2.05, 4.69) is 24.9 Å². The molecule has 0 amide bonds. The first-order valence-electron chi connectivity index (χ1n) is 5.18. The third-order valence-electron chi connectivity index (χ3n) is 2.10. The van der Waals surface area contributed by atoms with E-state index < -0.39 is 0 Å². The van der Waals surface area contributed by atoms with Crippen molar-refractivity contribution in [3.63, 3.8) is 0 Å². The molecule has 1 aliphatic rings. The number of hydrogen-bond acceptors (Lipinski definition) is 3. The van der Waals surface area contributed by atoms with E-state index in [1.165, 1.54) is 0 Å². The molecule has 1 unspecified atom stereocenters. The van der Waals surface area contributed by atoms with Crippen LogP contribution in [0.1, 0.15) is 20.8 Å². The Hall–Kier alpha value is -0.960. The summed E-state index contributed by atoms with van der Waals surface area (Å²) >= 11 is 1.72. The van der Waals surface area contributed by atoms with E-state index in [4.69, 9.17) is 4.74 Å². The first-order valence-corrected chi connectivity index (χ1v) is 5.99. The number of aliphatic imine (C=N–C) groups is 1. The van der Waals surface area contributed by atoms with Gasteiger partial charge < -0.3 is 4.74 Å². The molecule has 0 aromatic heterocycles. The Bertz CT molecular complexity index is 387. The van der Waals surface area contributed by atoms with Crippen molar-refractivity contribution in [3.05, 3.63) is 24.3 Å². The van der Waals surface area contributed by atoms with Gasteiger partial charge in [0, 0.05) is 6.04 Å². The van der Waals surface area contributed by atoms with Crippen molar-refractivity contribution < 1.29 is 4.74 Å². The van der Waals surface area contributed by atoms with E-state index in [-0.39, 0.29) is 6.10 Å². The summed E-state index contributed by atoms with van der Waals surface area (Å²) in [7, 11) is 0. The third-order valence-corrected chi connectivity index (χ3v) is 3.30. The second-order valence-electron chi connectivity index (χ2n) is 3.87. The van der Waals surface area contributed by atoms with Crippen LogP contribution in [0.5, 0.6) is 5.75 Å². The van der Waals surface area contributed by atoms with Gasteiger partial charge in [-0.2, -0.15) is 0 Å². The summed E-state index contributed by atoms with van der Waals surface area (Å²) in [6.45, 7) is 6.21. The zero-order chi connectivity index (χ0) is 10.8. The summed E-state index contributed by atoms with van der Waals surface area (Å²) in [6.07, 6.45) is 0.0762. The van der Waals surface area contributed by atoms with Crippen LogP contribution in [0.2, 0.25) is 0 Å². The molecule has 1 atom stereocenters. The maximum Gasteiger partial charge on any atom is 0.144 e. The smallest absolute Gasteiger partial charge is 0.144 e. The number of benzene rings is 1. The average molecular weight is 221 g/mol. The molecular weight excluding hydrogens is 206 g/mol. The summed E-state index contributed by atoms with van der Waals surface area (Å²) in [5, 5.41) is 1.07. The molecule has 3 heteroatoms. The van der Waals surface area contributed by atoms with Gasteiger partial charge in [0.15, 0.2) is 0 Å². The standard InChI is InChI=1S/C12H15NOS/c1-8(2)13-12-9(3)14-10-6-4-5-7-11(10)15-12/h4-9H,1-3H3. The summed E-state index contributed by atoms with van der Waals surface area (Å²) in [6, 6.07) is 8.42. The van der Waals surface area contributed by atoms with Gasteiger partial charge in [0.25, 0.3) is 0 Å². The second-order valence-corrected chi connectivity index (χ2v) is 4.93. The minimum Gasteiger partial charge on any atom is -0.483 e. The third kappa shape index (κ3) is 2.34. The Morgan fingerprint density at radius 1 is 1.33 bits per heavy atom. The van der Waals surface area contributed by atoms with E-state index in [9.17, 15) is 0 Å². The molecule has 2 rings (SSSR count). The quantitative estimate of drug-likeness (QED) is 0.725. The van der Waals surface area contributed by atoms with Crippen LogP contribution in [0, 0.1) is 0 Å². The lowest BCUT2D eigenvalue weighted by atomic mass is 10.3. The van der Waals surface area contributed by atoms with E-state index in [0.29, 0.717) is 6.04 Å². The van der Waals surface area contributed by atoms with Crippen molar-refractivity contribution in [1.82, 2.24) is 0 Å². The summed E-state index contributed by atoms with van der Waals surface area (Å²) in [5.74, 6) is 0.970. The fourth-order valence-corrected chi connectivity index (χ4v) is 2.52. The van der Waals surface area contributed by atoms with Gasteiger partial charge in [0.05, 0.1) is 4.90 Å². The largest absolute Gasteiger partial charge is 0.483 e. The fourth-order valence-electron chi connectivity index (χ4n) is 1.45. The van der Waals surface area contributed by atoms with Crippen molar-refractivity contribution in [1.29, 1.82) is 0 Å². The van der Waals surface area contributed by atoms with Crippen LogP contribution >= 0.6 is 11.8 Å². The van der Waals surface area contributed by atoms with E-state index in [0.717, 1.165) is 15.7 Å². The molecule has 2 nitrogen and oxygen atoms in total. The lowest BCUT2D eigenvalue weighted by Crippen LogP contribution is -2.26. The highest BCUT2D eigenvalue weighted by Crippen LogP contribution is 2.36. The molecule has 0 saturated heterocycles. The highest BCUT2D eigenvalue weighted by atomic mass is 32.2. The molecule has 1 aromatic rings. The van der Waals surface area contributed by atoms with Gasteiger partial charge in [0.1, 0.15) is 16.9 Å². The molecule has 0 N–H and O–H groups in total. The van der Waals surface area contributed by atoms with E-state index in [1.54, 1.807) is 11.8 Å². The van der Waals surface area contributed by atoms with Gasteiger partial charge >= 0.3 is 0 Å². The Kier molecular flexibility index (Phi) is 3.00. The van der Waals surface area contributed by atoms with E-state index in [1.807, 2.05) is 25.1 Å². The Balaban J connectivity index is 2.29. The zero-order valence-corrected chi connectivity index (χ0v) is 10.0. The van der Waals surface area contributed by atoms with Gasteiger partial charge in [-0.25, -0.2) is 0 Å². The minimum atomic E-state index is 0.0762. The van der Waals surface area contributed by atoms with Gasteiger partial charge in [-0.1, -0.05) is 23.9 Å². The Morgan fingerprint density at radius 3 is 2.80 bits per heavy atom. The van der Waals surface area contributed by atoms with Gasteiger partial charge in [-0.15, -0.1) is 0 Å². The zero-order valence-electron chi connectivity index (χ0n) is 9.23. The molecular formula is C12H15NOS. The van der Waals surface area contributed by atoms with Crippen LogP contribution in [0.15, 0.2) is 34.2 Å². The van der Waals surface area contributed by atoms with Crippen molar-refractivity contribution in [2.75, 3.05) is 0 Å². The van der Waals surface area contributed by atoms with Crippen molar-refractivity contribution in [2.24, 2.45) is 4.99 Å². The number of hydrogen-bond donors (Lipinski definition) is 0. The minimum absolute atomic E-state index is 0.0762. The van der Waals surface area contributed by atoms with Crippen molar-refractivity contribution in [2.45, 2.75) is 37.8 Å². The van der Waals surface area contributed by atoms with Crippen LogP contribution < -0.4 is 4.74 Å². The molecule has 80 valence electrons. The molecule has 0 radical (unpaired) electrons. The lowest BCUT2D eigenvalue weighted by Gasteiger charge is -2.24. The number of nitrogens with zero attached hydrogens (tertiary/aromatic N) is 1. The number of rotatable bonds is 1. The van der Waals surface area contributed by atoms with Gasteiger partial charge in [0.2, 0.25) is 0 Å². The molecule has 15 heavy (non-hydrogen) atoms. The summed E-state index contributed by atoms with van der Waals surface area (Å²) in [5.41, 5.74) is 0. The monoisotopic (exact) mass is 221 g/mol. The molecule has 0 aliphatic carbocycles. The first-order chi connectivity index (χ1) is 7.16. The predicted molar refractivity (Wildman–Crippen MR) is 65.0 cm³/mol. The molecule has 1 aliphatic heterocycles. The average Bonchev–Trinajstić information content (AvgIpc) is 2.18. The van der Waals surface area contributed by atoms with Crippen LogP contribution in [-0.2, 0) is 0 Å². The number of ether oxygens (including phenoxy) is 1. The lowest BCUT2D eigenvalue weighted by molar-refractivity contribution is 0.279. The molecule has 1 aromatic carbocycles. The maximum atomic E-state index is 5.79. The Labute approximate surface area is 94.7 Å². The molecule has 0 fully saturated rings. The number of fused-ring (bicyclic) bond motifs is 1. The van der Waals surface area contributed by atoms with Gasteiger partial charge in [-0.05, 0) is 32.9 Å². The SMILES string of the molecule is CC(C)N=C1Sc2ccccc2OC1C. The summed E-state index contributed by atoms with van der Waals surface area (Å²) in [4.78, 5) is 5.73. The molecule has 0 bridgehead atoms. The number of para-hydroxylation sites is 1. The topological polar surface area (TPSA) is 21.6 Å². The fraction of sp³-hybridized carbons (Fsp3) is 0.417. The molecule has 1 heterocycles. The molecule has 0 saturated carbocycles. The normalized spacial score (nSPS) is 22.7. The predicted octanol–water partition coefficient (Wildman–Crippen LogP) is 3.37. The maximum absolute atomic E-state index is 5.79. The summed E-state index contributed by atoms with van der Waals surface area (Å²) < 4.78 is 5.79. The highest BCUT2D eigenvalue weighted by Gasteiger charge is 2.22.